The lowest BCUT2D eigenvalue weighted by molar-refractivity contribution is 0.186. The van der Waals surface area contributed by atoms with Crippen molar-refractivity contribution in [2.45, 2.75) is 51.6 Å². The van der Waals surface area contributed by atoms with Gasteiger partial charge in [0.05, 0.1) is 6.04 Å². The number of hydrogen-bond acceptors (Lipinski definition) is 4. The fourth-order valence-corrected chi connectivity index (χ4v) is 3.22. The minimum Gasteiger partial charge on any atom is -0.466 e. The Hall–Kier alpha value is -2.31. The van der Waals surface area contributed by atoms with Gasteiger partial charge in [0.15, 0.2) is 5.82 Å². The van der Waals surface area contributed by atoms with E-state index >= 15 is 0 Å². The molecule has 2 aromatic heterocycles. The van der Waals surface area contributed by atoms with Crippen LogP contribution in [0.3, 0.4) is 0 Å². The largest absolute Gasteiger partial charge is 0.466 e. The predicted octanol–water partition coefficient (Wildman–Crippen LogP) is 2.58. The molecule has 3 rings (SSSR count). The number of aryl methyl sites for hydroxylation is 3. The molecule has 1 saturated heterocycles. The van der Waals surface area contributed by atoms with Crippen molar-refractivity contribution >= 4 is 6.03 Å². The maximum atomic E-state index is 12.6. The summed E-state index contributed by atoms with van der Waals surface area (Å²) in [5.74, 6) is 2.73. The van der Waals surface area contributed by atoms with Crippen LogP contribution in [-0.4, -0.2) is 38.3 Å². The first kappa shape index (κ1) is 16.5. The molecule has 0 spiro atoms. The molecule has 1 aliphatic rings. The molecule has 130 valence electrons. The van der Waals surface area contributed by atoms with Gasteiger partial charge < -0.3 is 19.2 Å². The van der Waals surface area contributed by atoms with Crippen molar-refractivity contribution in [1.29, 1.82) is 0 Å². The summed E-state index contributed by atoms with van der Waals surface area (Å²) in [4.78, 5) is 14.5. The van der Waals surface area contributed by atoms with E-state index in [1.165, 1.54) is 0 Å². The van der Waals surface area contributed by atoms with Gasteiger partial charge in [-0.1, -0.05) is 0 Å². The number of hydrogen-bond donors (Lipinski definition) is 1. The van der Waals surface area contributed by atoms with Crippen LogP contribution in [0.15, 0.2) is 22.9 Å². The molecule has 0 aliphatic carbocycles. The zero-order valence-corrected chi connectivity index (χ0v) is 14.5. The van der Waals surface area contributed by atoms with Gasteiger partial charge in [-0.05, 0) is 45.2 Å². The average molecular weight is 331 g/mol. The van der Waals surface area contributed by atoms with Crippen LogP contribution in [0.2, 0.25) is 0 Å². The molecule has 3 heterocycles. The second kappa shape index (κ2) is 7.07. The lowest BCUT2D eigenvalue weighted by atomic mass is 10.1. The van der Waals surface area contributed by atoms with Crippen LogP contribution in [0, 0.1) is 6.92 Å². The normalized spacial score (nSPS) is 18.8. The van der Waals surface area contributed by atoms with Crippen molar-refractivity contribution in [2.24, 2.45) is 7.05 Å². The summed E-state index contributed by atoms with van der Waals surface area (Å²) >= 11 is 0. The monoisotopic (exact) mass is 331 g/mol. The van der Waals surface area contributed by atoms with E-state index in [9.17, 15) is 4.79 Å². The van der Waals surface area contributed by atoms with Gasteiger partial charge in [0, 0.05) is 26.1 Å². The van der Waals surface area contributed by atoms with E-state index in [1.54, 1.807) is 6.33 Å². The van der Waals surface area contributed by atoms with E-state index < -0.39 is 0 Å². The molecule has 7 heteroatoms. The van der Waals surface area contributed by atoms with Crippen LogP contribution in [0.25, 0.3) is 0 Å². The summed E-state index contributed by atoms with van der Waals surface area (Å²) in [6, 6.07) is 4.03. The summed E-state index contributed by atoms with van der Waals surface area (Å²) in [5.41, 5.74) is 0. The highest BCUT2D eigenvalue weighted by Gasteiger charge is 2.33. The van der Waals surface area contributed by atoms with Gasteiger partial charge in [0.2, 0.25) is 0 Å². The second-order valence-corrected chi connectivity index (χ2v) is 6.55. The highest BCUT2D eigenvalue weighted by atomic mass is 16.3. The molecule has 2 atom stereocenters. The summed E-state index contributed by atoms with van der Waals surface area (Å²) in [6.07, 6.45) is 5.27. The minimum absolute atomic E-state index is 0.0115. The summed E-state index contributed by atoms with van der Waals surface area (Å²) in [7, 11) is 1.91. The number of urea groups is 1. The second-order valence-electron chi connectivity index (χ2n) is 6.55. The van der Waals surface area contributed by atoms with Crippen LogP contribution in [0.1, 0.15) is 49.6 Å². The predicted molar refractivity (Wildman–Crippen MR) is 89.4 cm³/mol. The highest BCUT2D eigenvalue weighted by molar-refractivity contribution is 5.75. The summed E-state index contributed by atoms with van der Waals surface area (Å²) in [6.45, 7) is 4.73. The molecule has 1 fully saturated rings. The molecular formula is C17H25N5O2. The molecule has 1 aliphatic heterocycles. The topological polar surface area (TPSA) is 76.2 Å². The third-order valence-corrected chi connectivity index (χ3v) is 4.55. The average Bonchev–Trinajstić information content (AvgIpc) is 3.25. The standard InChI is InChI=1S/C17H25N5O2/c1-12(6-8-14-9-7-13(2)24-14)19-17(23)22-10-4-5-15(22)16-20-18-11-21(16)3/h7,9,11-12,15H,4-6,8,10H2,1-3H3,(H,19,23). The Morgan fingerprint density at radius 1 is 1.50 bits per heavy atom. The quantitative estimate of drug-likeness (QED) is 0.913. The fraction of sp³-hybridized carbons (Fsp3) is 0.588. The number of amides is 2. The number of aromatic nitrogens is 3. The highest BCUT2D eigenvalue weighted by Crippen LogP contribution is 2.30. The van der Waals surface area contributed by atoms with Crippen molar-refractivity contribution in [3.8, 4) is 0 Å². The van der Waals surface area contributed by atoms with Crippen molar-refractivity contribution < 1.29 is 9.21 Å². The van der Waals surface area contributed by atoms with Gasteiger partial charge in [-0.15, -0.1) is 10.2 Å². The molecular weight excluding hydrogens is 306 g/mol. The molecule has 7 nitrogen and oxygen atoms in total. The first-order chi connectivity index (χ1) is 11.5. The zero-order chi connectivity index (χ0) is 17.1. The maximum absolute atomic E-state index is 12.6. The smallest absolute Gasteiger partial charge is 0.318 e. The summed E-state index contributed by atoms with van der Waals surface area (Å²) < 4.78 is 7.46. The van der Waals surface area contributed by atoms with Gasteiger partial charge in [-0.25, -0.2) is 4.79 Å². The van der Waals surface area contributed by atoms with Gasteiger partial charge >= 0.3 is 6.03 Å². The van der Waals surface area contributed by atoms with Gasteiger partial charge in [0.25, 0.3) is 0 Å². The fourth-order valence-electron chi connectivity index (χ4n) is 3.22. The molecule has 0 aromatic carbocycles. The summed E-state index contributed by atoms with van der Waals surface area (Å²) in [5, 5.41) is 11.2. The molecule has 0 radical (unpaired) electrons. The third-order valence-electron chi connectivity index (χ3n) is 4.55. The van der Waals surface area contributed by atoms with Crippen LogP contribution < -0.4 is 5.32 Å². The van der Waals surface area contributed by atoms with Crippen molar-refractivity contribution in [3.05, 3.63) is 35.8 Å². The zero-order valence-electron chi connectivity index (χ0n) is 14.5. The maximum Gasteiger partial charge on any atom is 0.318 e. The van der Waals surface area contributed by atoms with E-state index in [0.29, 0.717) is 0 Å². The van der Waals surface area contributed by atoms with Crippen molar-refractivity contribution in [3.63, 3.8) is 0 Å². The van der Waals surface area contributed by atoms with E-state index in [2.05, 4.69) is 15.5 Å². The van der Waals surface area contributed by atoms with E-state index in [4.69, 9.17) is 4.42 Å². The van der Waals surface area contributed by atoms with Gasteiger partial charge in [-0.2, -0.15) is 0 Å². The van der Waals surface area contributed by atoms with Gasteiger partial charge in [-0.3, -0.25) is 0 Å². The Bertz CT molecular complexity index is 693. The number of likely N-dealkylation sites (tertiary alicyclic amines) is 1. The molecule has 2 unspecified atom stereocenters. The minimum atomic E-state index is -0.0244. The molecule has 1 N–H and O–H groups in total. The lowest BCUT2D eigenvalue weighted by Crippen LogP contribution is -2.44. The molecule has 24 heavy (non-hydrogen) atoms. The number of furan rings is 1. The molecule has 0 saturated carbocycles. The molecule has 2 aromatic rings. The third kappa shape index (κ3) is 3.60. The van der Waals surface area contributed by atoms with E-state index in [1.807, 2.05) is 42.5 Å². The van der Waals surface area contributed by atoms with Gasteiger partial charge in [0.1, 0.15) is 17.8 Å². The Labute approximate surface area is 142 Å². The molecule has 2 amide bonds. The van der Waals surface area contributed by atoms with Crippen LogP contribution in [0.4, 0.5) is 4.79 Å². The number of carbonyl (C=O) groups excluding carboxylic acids is 1. The Morgan fingerprint density at radius 3 is 3.00 bits per heavy atom. The number of nitrogens with one attached hydrogen (secondary N) is 1. The van der Waals surface area contributed by atoms with Crippen LogP contribution in [0.5, 0.6) is 0 Å². The van der Waals surface area contributed by atoms with Crippen molar-refractivity contribution in [1.82, 2.24) is 25.0 Å². The molecule has 0 bridgehead atoms. The van der Waals surface area contributed by atoms with E-state index in [0.717, 1.165) is 49.6 Å². The number of rotatable bonds is 5. The van der Waals surface area contributed by atoms with Crippen molar-refractivity contribution in [2.75, 3.05) is 6.54 Å². The Kier molecular flexibility index (Phi) is 4.87. The van der Waals surface area contributed by atoms with E-state index in [-0.39, 0.29) is 18.1 Å². The Morgan fingerprint density at radius 2 is 2.33 bits per heavy atom. The SMILES string of the molecule is Cc1ccc(CCC(C)NC(=O)N2CCCC2c2nncn2C)o1. The Balaban J connectivity index is 1.54. The first-order valence-corrected chi connectivity index (χ1v) is 8.51. The first-order valence-electron chi connectivity index (χ1n) is 8.51. The number of nitrogens with zero attached hydrogens (tertiary/aromatic N) is 4. The lowest BCUT2D eigenvalue weighted by Gasteiger charge is -2.26. The van der Waals surface area contributed by atoms with Crippen LogP contribution >= 0.6 is 0 Å². The van der Waals surface area contributed by atoms with Crippen LogP contribution in [-0.2, 0) is 13.5 Å². The number of carbonyl (C=O) groups is 1.